The molecule has 1 spiro atoms. The van der Waals surface area contributed by atoms with Gasteiger partial charge in [0.1, 0.15) is 5.82 Å². The number of hydrogen-bond donors (Lipinski definition) is 2. The molecule has 0 saturated heterocycles. The number of aliphatic imine (C=N–C) groups is 1. The summed E-state index contributed by atoms with van der Waals surface area (Å²) in [5.41, 5.74) is 1.50. The summed E-state index contributed by atoms with van der Waals surface area (Å²) in [6, 6.07) is 5.25. The van der Waals surface area contributed by atoms with Gasteiger partial charge in [-0.3, -0.25) is 4.72 Å². The molecule has 3 aliphatic rings. The monoisotopic (exact) mass is 249 g/mol. The lowest BCUT2D eigenvalue weighted by Crippen LogP contribution is -2.29. The average Bonchev–Trinajstić information content (AvgIpc) is 3.22. The second-order valence-electron chi connectivity index (χ2n) is 5.03. The number of halogens is 1. The number of rotatable bonds is 1. The Labute approximate surface area is 103 Å². The summed E-state index contributed by atoms with van der Waals surface area (Å²) < 4.78 is 16.2. The molecule has 2 saturated carbocycles. The molecule has 88 valence electrons. The summed E-state index contributed by atoms with van der Waals surface area (Å²) >= 11 is 1.42. The minimum absolute atomic E-state index is 0.209. The third kappa shape index (κ3) is 1.60. The standard InChI is InChI=1S/C12H12FN3S/c13-7-1-2-8-9(5-7)17-16-11(14-8)15-10-6-12(10)3-4-12/h1-2,5,10H,3-4,6H2,(H2,14,15,16). The van der Waals surface area contributed by atoms with Crippen LogP contribution in [0.2, 0.25) is 0 Å². The lowest BCUT2D eigenvalue weighted by atomic mass is 10.3. The zero-order valence-corrected chi connectivity index (χ0v) is 9.98. The highest BCUT2D eigenvalue weighted by Crippen LogP contribution is 2.67. The number of nitrogens with zero attached hydrogens (tertiary/aromatic N) is 1. The van der Waals surface area contributed by atoms with E-state index in [9.17, 15) is 4.39 Å². The molecule has 1 atom stereocenters. The molecule has 2 aliphatic carbocycles. The van der Waals surface area contributed by atoms with Crippen LogP contribution >= 0.6 is 11.9 Å². The Morgan fingerprint density at radius 3 is 3.06 bits per heavy atom. The second kappa shape index (κ2) is 3.16. The first-order valence-electron chi connectivity index (χ1n) is 5.82. The molecule has 2 fully saturated rings. The normalized spacial score (nSPS) is 29.5. The van der Waals surface area contributed by atoms with Crippen molar-refractivity contribution < 1.29 is 4.39 Å². The van der Waals surface area contributed by atoms with Gasteiger partial charge in [-0.2, -0.15) is 0 Å². The van der Waals surface area contributed by atoms with Crippen LogP contribution in [0.4, 0.5) is 10.1 Å². The molecule has 3 nitrogen and oxygen atoms in total. The fourth-order valence-corrected chi connectivity index (χ4v) is 3.07. The Morgan fingerprint density at radius 2 is 2.29 bits per heavy atom. The Hall–Kier alpha value is -1.23. The van der Waals surface area contributed by atoms with E-state index in [1.54, 1.807) is 6.07 Å². The molecule has 0 radical (unpaired) electrons. The van der Waals surface area contributed by atoms with E-state index in [1.807, 2.05) is 0 Å². The van der Waals surface area contributed by atoms with Gasteiger partial charge in [0.15, 0.2) is 0 Å². The van der Waals surface area contributed by atoms with Gasteiger partial charge in [0.2, 0.25) is 5.96 Å². The molecule has 0 aromatic heterocycles. The molecule has 4 rings (SSSR count). The van der Waals surface area contributed by atoms with Crippen LogP contribution < -0.4 is 10.0 Å². The number of nitrogens with one attached hydrogen (secondary N) is 2. The molecule has 17 heavy (non-hydrogen) atoms. The maximum absolute atomic E-state index is 13.0. The Bertz CT molecular complexity index is 524. The smallest absolute Gasteiger partial charge is 0.206 e. The summed E-state index contributed by atoms with van der Waals surface area (Å²) in [4.78, 5) is 5.54. The van der Waals surface area contributed by atoms with Gasteiger partial charge >= 0.3 is 0 Å². The van der Waals surface area contributed by atoms with Gasteiger partial charge in [0.25, 0.3) is 0 Å². The Kier molecular flexibility index (Phi) is 1.82. The van der Waals surface area contributed by atoms with Crippen molar-refractivity contribution in [1.29, 1.82) is 0 Å². The van der Waals surface area contributed by atoms with Gasteiger partial charge in [-0.25, -0.2) is 9.38 Å². The van der Waals surface area contributed by atoms with Crippen molar-refractivity contribution in [1.82, 2.24) is 4.72 Å². The van der Waals surface area contributed by atoms with Crippen molar-refractivity contribution in [2.24, 2.45) is 10.4 Å². The van der Waals surface area contributed by atoms with Crippen LogP contribution in [0, 0.1) is 11.2 Å². The zero-order chi connectivity index (χ0) is 11.5. The van der Waals surface area contributed by atoms with E-state index < -0.39 is 0 Å². The number of fused-ring (bicyclic) bond motifs is 1. The summed E-state index contributed by atoms with van der Waals surface area (Å²) in [5, 5.41) is 3.21. The quantitative estimate of drug-likeness (QED) is 0.751. The van der Waals surface area contributed by atoms with E-state index in [0.29, 0.717) is 11.5 Å². The molecule has 0 amide bonds. The van der Waals surface area contributed by atoms with Gasteiger partial charge in [-0.05, 0) is 54.8 Å². The number of hydrogen-bond acceptors (Lipinski definition) is 2. The molecule has 1 aromatic rings. The van der Waals surface area contributed by atoms with E-state index in [1.165, 1.54) is 43.3 Å². The van der Waals surface area contributed by atoms with E-state index in [4.69, 9.17) is 0 Å². The largest absolute Gasteiger partial charge is 0.325 e. The Balaban J connectivity index is 1.56. The van der Waals surface area contributed by atoms with Gasteiger partial charge < -0.3 is 5.32 Å². The molecule has 1 aromatic carbocycles. The van der Waals surface area contributed by atoms with Crippen molar-refractivity contribution in [3.63, 3.8) is 0 Å². The first kappa shape index (κ1) is 9.76. The molecular weight excluding hydrogens is 237 g/mol. The van der Waals surface area contributed by atoms with E-state index in [2.05, 4.69) is 15.0 Å². The minimum Gasteiger partial charge on any atom is -0.325 e. The van der Waals surface area contributed by atoms with E-state index in [-0.39, 0.29) is 5.82 Å². The zero-order valence-electron chi connectivity index (χ0n) is 9.16. The van der Waals surface area contributed by atoms with Crippen molar-refractivity contribution in [2.45, 2.75) is 30.2 Å². The molecule has 0 bridgehead atoms. The third-order valence-corrected chi connectivity index (χ3v) is 4.63. The molecule has 1 heterocycles. The van der Waals surface area contributed by atoms with Crippen LogP contribution in [0.15, 0.2) is 28.1 Å². The van der Waals surface area contributed by atoms with Crippen LogP contribution in [0.1, 0.15) is 19.3 Å². The summed E-state index contributed by atoms with van der Waals surface area (Å²) in [6.45, 7) is 0. The number of guanidine groups is 1. The molecular formula is C12H12FN3S. The van der Waals surface area contributed by atoms with Crippen LogP contribution in [0.25, 0.3) is 0 Å². The van der Waals surface area contributed by atoms with Crippen molar-refractivity contribution in [2.75, 3.05) is 5.32 Å². The minimum atomic E-state index is -0.209. The Morgan fingerprint density at radius 1 is 1.41 bits per heavy atom. The number of benzene rings is 1. The summed E-state index contributed by atoms with van der Waals surface area (Å²) in [7, 11) is 0. The first-order valence-corrected chi connectivity index (χ1v) is 6.64. The summed E-state index contributed by atoms with van der Waals surface area (Å²) in [6.07, 6.45) is 3.91. The summed E-state index contributed by atoms with van der Waals surface area (Å²) in [5.74, 6) is 0.599. The number of anilines is 1. The van der Waals surface area contributed by atoms with Gasteiger partial charge in [0, 0.05) is 0 Å². The van der Waals surface area contributed by atoms with Gasteiger partial charge in [0.05, 0.1) is 16.6 Å². The van der Waals surface area contributed by atoms with Crippen LogP contribution in [0.3, 0.4) is 0 Å². The van der Waals surface area contributed by atoms with Gasteiger partial charge in [-0.15, -0.1) is 0 Å². The maximum atomic E-state index is 13.0. The van der Waals surface area contributed by atoms with Gasteiger partial charge in [-0.1, -0.05) is 0 Å². The highest BCUT2D eigenvalue weighted by Gasteiger charge is 2.63. The lowest BCUT2D eigenvalue weighted by molar-refractivity contribution is 0.624. The fourth-order valence-electron chi connectivity index (χ4n) is 2.36. The molecule has 2 N–H and O–H groups in total. The van der Waals surface area contributed by atoms with E-state index in [0.717, 1.165) is 16.5 Å². The van der Waals surface area contributed by atoms with Crippen molar-refractivity contribution in [3.8, 4) is 0 Å². The second-order valence-corrected chi connectivity index (χ2v) is 5.88. The predicted octanol–water partition coefficient (Wildman–Crippen LogP) is 2.76. The molecule has 5 heteroatoms. The van der Waals surface area contributed by atoms with Crippen LogP contribution in [0.5, 0.6) is 0 Å². The first-order chi connectivity index (χ1) is 8.25. The molecule has 1 aliphatic heterocycles. The van der Waals surface area contributed by atoms with Crippen LogP contribution in [-0.4, -0.2) is 12.0 Å². The third-order valence-electron chi connectivity index (χ3n) is 3.78. The average molecular weight is 249 g/mol. The highest BCUT2D eigenvalue weighted by atomic mass is 32.2. The highest BCUT2D eigenvalue weighted by molar-refractivity contribution is 7.98. The fraction of sp³-hybridized carbons (Fsp3) is 0.417. The SMILES string of the molecule is Fc1ccc2c(c1)SNC(=NC1CC13CC3)N2. The van der Waals surface area contributed by atoms with Crippen LogP contribution in [-0.2, 0) is 0 Å². The maximum Gasteiger partial charge on any atom is 0.206 e. The van der Waals surface area contributed by atoms with Crippen molar-refractivity contribution in [3.05, 3.63) is 24.0 Å². The van der Waals surface area contributed by atoms with Crippen molar-refractivity contribution >= 4 is 23.6 Å². The van der Waals surface area contributed by atoms with E-state index >= 15 is 0 Å². The molecule has 1 unspecified atom stereocenters. The topological polar surface area (TPSA) is 36.4 Å². The lowest BCUT2D eigenvalue weighted by Gasteiger charge is -2.20. The predicted molar refractivity (Wildman–Crippen MR) is 66.5 cm³/mol.